The van der Waals surface area contributed by atoms with Crippen LogP contribution >= 0.6 is 0 Å². The molecule has 8 heteroatoms. The van der Waals surface area contributed by atoms with Crippen molar-refractivity contribution in [2.45, 2.75) is 6.54 Å². The lowest BCUT2D eigenvalue weighted by molar-refractivity contribution is -0.121. The Kier molecular flexibility index (Phi) is 4.14. The number of halogens is 2. The number of imidazole rings is 1. The Hall–Kier alpha value is -2.22. The summed E-state index contributed by atoms with van der Waals surface area (Å²) in [6.45, 7) is 0.536. The van der Waals surface area contributed by atoms with Gasteiger partial charge in [-0.3, -0.25) is 4.79 Å². The number of nitrogens with zero attached hydrogens (tertiary/aromatic N) is 2. The molecule has 0 aliphatic heterocycles. The molecule has 0 fully saturated rings. The van der Waals surface area contributed by atoms with E-state index in [-0.39, 0.29) is 29.4 Å². The van der Waals surface area contributed by atoms with Crippen molar-refractivity contribution < 1.29 is 18.3 Å². The average Bonchev–Trinajstić information content (AvgIpc) is 2.68. The van der Waals surface area contributed by atoms with Crippen molar-refractivity contribution in [3.05, 3.63) is 23.8 Å². The maximum absolute atomic E-state index is 13.5. The molecule has 20 heavy (non-hydrogen) atoms. The number of nitrogens with one attached hydrogen (secondary N) is 1. The third kappa shape index (κ3) is 2.85. The Labute approximate surface area is 113 Å². The Morgan fingerprint density at radius 1 is 1.50 bits per heavy atom. The molecule has 1 aromatic carbocycles. The molecule has 0 unspecified atom stereocenters. The molecule has 0 atom stereocenters. The van der Waals surface area contributed by atoms with E-state index in [1.165, 1.54) is 11.7 Å². The van der Waals surface area contributed by atoms with Crippen LogP contribution in [0.15, 0.2) is 12.1 Å². The van der Waals surface area contributed by atoms with Gasteiger partial charge in [-0.2, -0.15) is 0 Å². The van der Waals surface area contributed by atoms with Crippen molar-refractivity contribution in [3.63, 3.8) is 0 Å². The maximum atomic E-state index is 13.5. The lowest BCUT2D eigenvalue weighted by Gasteiger charge is -2.07. The largest absolute Gasteiger partial charge is 0.383 e. The molecular weight excluding hydrogens is 270 g/mol. The summed E-state index contributed by atoms with van der Waals surface area (Å²) >= 11 is 0. The van der Waals surface area contributed by atoms with Gasteiger partial charge in [0.05, 0.1) is 12.1 Å². The van der Waals surface area contributed by atoms with Gasteiger partial charge < -0.3 is 20.4 Å². The molecule has 0 saturated heterocycles. The van der Waals surface area contributed by atoms with E-state index in [0.717, 1.165) is 12.1 Å². The van der Waals surface area contributed by atoms with Gasteiger partial charge >= 0.3 is 0 Å². The summed E-state index contributed by atoms with van der Waals surface area (Å²) < 4.78 is 32.8. The van der Waals surface area contributed by atoms with E-state index < -0.39 is 11.6 Å². The fourth-order valence-corrected chi connectivity index (χ4v) is 1.83. The summed E-state index contributed by atoms with van der Waals surface area (Å²) in [6, 6.07) is 1.81. The Morgan fingerprint density at radius 2 is 2.25 bits per heavy atom. The highest BCUT2D eigenvalue weighted by molar-refractivity contribution is 5.83. The molecule has 1 aromatic heterocycles. The number of hydrogen-bond acceptors (Lipinski definition) is 4. The molecule has 0 aliphatic carbocycles. The number of ether oxygens (including phenoxy) is 1. The van der Waals surface area contributed by atoms with E-state index in [9.17, 15) is 13.6 Å². The number of rotatable bonds is 5. The maximum Gasteiger partial charge on any atom is 0.240 e. The van der Waals surface area contributed by atoms with Crippen LogP contribution in [-0.4, -0.2) is 35.7 Å². The lowest BCUT2D eigenvalue weighted by atomic mass is 10.3. The monoisotopic (exact) mass is 284 g/mol. The lowest BCUT2D eigenvalue weighted by Crippen LogP contribution is -2.30. The van der Waals surface area contributed by atoms with Crippen LogP contribution < -0.4 is 11.1 Å². The van der Waals surface area contributed by atoms with Crippen LogP contribution in [0.5, 0.6) is 0 Å². The molecule has 1 heterocycles. The minimum atomic E-state index is -0.815. The fourth-order valence-electron chi connectivity index (χ4n) is 1.83. The minimum absolute atomic E-state index is 0.0496. The van der Waals surface area contributed by atoms with Gasteiger partial charge in [0.2, 0.25) is 11.9 Å². The van der Waals surface area contributed by atoms with Crippen LogP contribution in [0.1, 0.15) is 0 Å². The second-order valence-electron chi connectivity index (χ2n) is 4.15. The minimum Gasteiger partial charge on any atom is -0.383 e. The van der Waals surface area contributed by atoms with E-state index in [0.29, 0.717) is 13.2 Å². The van der Waals surface area contributed by atoms with Crippen LogP contribution in [0.25, 0.3) is 11.0 Å². The number of aromatic nitrogens is 2. The van der Waals surface area contributed by atoms with E-state index in [2.05, 4.69) is 10.3 Å². The van der Waals surface area contributed by atoms with Gasteiger partial charge in [0.1, 0.15) is 17.9 Å². The van der Waals surface area contributed by atoms with Crippen molar-refractivity contribution >= 4 is 22.9 Å². The third-order valence-electron chi connectivity index (χ3n) is 2.73. The number of carbonyl (C=O) groups is 1. The molecule has 1 amide bonds. The van der Waals surface area contributed by atoms with E-state index in [4.69, 9.17) is 10.5 Å². The number of fused-ring (bicyclic) bond motifs is 1. The third-order valence-corrected chi connectivity index (χ3v) is 2.73. The van der Waals surface area contributed by atoms with Crippen molar-refractivity contribution in [2.24, 2.45) is 0 Å². The molecule has 2 aromatic rings. The summed E-state index contributed by atoms with van der Waals surface area (Å²) in [4.78, 5) is 15.5. The number of anilines is 1. The van der Waals surface area contributed by atoms with Gasteiger partial charge in [-0.15, -0.1) is 0 Å². The molecule has 3 N–H and O–H groups in total. The fraction of sp³-hybridized carbons (Fsp3) is 0.333. The number of benzene rings is 1. The van der Waals surface area contributed by atoms with Crippen molar-refractivity contribution in [1.82, 2.24) is 14.9 Å². The van der Waals surface area contributed by atoms with Crippen LogP contribution in [0.2, 0.25) is 0 Å². The second kappa shape index (κ2) is 5.83. The Bertz CT molecular complexity index is 642. The molecule has 108 valence electrons. The van der Waals surface area contributed by atoms with Gasteiger partial charge in [-0.25, -0.2) is 13.8 Å². The van der Waals surface area contributed by atoms with E-state index in [1.807, 2.05) is 0 Å². The zero-order valence-electron chi connectivity index (χ0n) is 10.8. The predicted molar refractivity (Wildman–Crippen MR) is 68.9 cm³/mol. The number of carbonyl (C=O) groups excluding carboxylic acids is 1. The summed E-state index contributed by atoms with van der Waals surface area (Å²) in [6.07, 6.45) is 0. The van der Waals surface area contributed by atoms with Gasteiger partial charge in [0.25, 0.3) is 0 Å². The highest BCUT2D eigenvalue weighted by Crippen LogP contribution is 2.21. The Balaban J connectivity index is 2.25. The number of amides is 1. The van der Waals surface area contributed by atoms with Crippen LogP contribution in [0.4, 0.5) is 14.7 Å². The first-order chi connectivity index (χ1) is 9.52. The van der Waals surface area contributed by atoms with E-state index >= 15 is 0 Å². The Morgan fingerprint density at radius 3 is 2.95 bits per heavy atom. The molecule has 6 nitrogen and oxygen atoms in total. The molecular formula is C12H14F2N4O2. The first-order valence-corrected chi connectivity index (χ1v) is 5.89. The number of nitrogen functional groups attached to an aromatic ring is 1. The van der Waals surface area contributed by atoms with Crippen molar-refractivity contribution in [1.29, 1.82) is 0 Å². The molecule has 0 saturated carbocycles. The number of methoxy groups -OCH3 is 1. The zero-order valence-corrected chi connectivity index (χ0v) is 10.8. The molecule has 2 rings (SSSR count). The van der Waals surface area contributed by atoms with Gasteiger partial charge in [0.15, 0.2) is 5.82 Å². The van der Waals surface area contributed by atoms with Crippen LogP contribution in [0.3, 0.4) is 0 Å². The topological polar surface area (TPSA) is 82.2 Å². The highest BCUT2D eigenvalue weighted by Gasteiger charge is 2.15. The second-order valence-corrected chi connectivity index (χ2v) is 4.15. The zero-order chi connectivity index (χ0) is 14.7. The highest BCUT2D eigenvalue weighted by atomic mass is 19.1. The average molecular weight is 284 g/mol. The summed E-state index contributed by atoms with van der Waals surface area (Å²) in [5.41, 5.74) is 5.71. The predicted octanol–water partition coefficient (Wildman–Crippen LogP) is 0.659. The SMILES string of the molecule is COCCNC(=O)Cn1c(N)nc2c(F)cc(F)cc21. The van der Waals surface area contributed by atoms with Crippen LogP contribution in [0, 0.1) is 11.6 Å². The van der Waals surface area contributed by atoms with Gasteiger partial charge in [0, 0.05) is 25.8 Å². The quantitative estimate of drug-likeness (QED) is 0.790. The van der Waals surface area contributed by atoms with Crippen molar-refractivity contribution in [2.75, 3.05) is 26.0 Å². The summed E-state index contributed by atoms with van der Waals surface area (Å²) in [5, 5.41) is 2.59. The first-order valence-electron chi connectivity index (χ1n) is 5.89. The summed E-state index contributed by atoms with van der Waals surface area (Å²) in [7, 11) is 1.51. The molecule has 0 radical (unpaired) electrons. The first kappa shape index (κ1) is 14.2. The van der Waals surface area contributed by atoms with Gasteiger partial charge in [-0.1, -0.05) is 0 Å². The molecule has 0 bridgehead atoms. The number of hydrogen-bond donors (Lipinski definition) is 2. The van der Waals surface area contributed by atoms with Crippen LogP contribution in [-0.2, 0) is 16.1 Å². The van der Waals surface area contributed by atoms with Crippen molar-refractivity contribution in [3.8, 4) is 0 Å². The molecule has 0 aliphatic rings. The number of nitrogens with two attached hydrogens (primary N) is 1. The van der Waals surface area contributed by atoms with E-state index in [1.54, 1.807) is 0 Å². The normalized spacial score (nSPS) is 10.9. The standard InChI is InChI=1S/C12H14F2N4O2/c1-20-3-2-16-10(19)6-18-9-5-7(13)4-8(14)11(9)17-12(18)15/h4-5H,2-3,6H2,1H3,(H2,15,17)(H,16,19). The molecule has 0 spiro atoms. The van der Waals surface area contributed by atoms with Gasteiger partial charge in [-0.05, 0) is 0 Å². The smallest absolute Gasteiger partial charge is 0.240 e. The summed E-state index contributed by atoms with van der Waals surface area (Å²) in [5.74, 6) is -1.97.